The summed E-state index contributed by atoms with van der Waals surface area (Å²) in [6, 6.07) is 22.2. The van der Waals surface area contributed by atoms with Crippen molar-refractivity contribution in [3.63, 3.8) is 0 Å². The van der Waals surface area contributed by atoms with E-state index < -0.39 is 0 Å². The molecule has 0 spiro atoms. The summed E-state index contributed by atoms with van der Waals surface area (Å²) in [4.78, 5) is 0. The summed E-state index contributed by atoms with van der Waals surface area (Å²) in [7, 11) is 0. The number of rotatable bonds is 0. The number of ether oxygens (including phenoxy) is 1. The molecule has 4 rings (SSSR count). The molecule has 3 aromatic carbocycles. The van der Waals surface area contributed by atoms with Crippen molar-refractivity contribution in [3.8, 4) is 11.5 Å². The van der Waals surface area contributed by atoms with Gasteiger partial charge < -0.3 is 4.74 Å². The molecular formula is C16H8INO. The molecule has 0 aromatic heterocycles. The van der Waals surface area contributed by atoms with Crippen molar-refractivity contribution in [2.24, 2.45) is 0 Å². The van der Waals surface area contributed by atoms with Gasteiger partial charge in [-0.2, -0.15) is 0 Å². The Hall–Kier alpha value is -1.93. The predicted molar refractivity (Wildman–Crippen MR) is 84.3 cm³/mol. The molecule has 1 aliphatic heterocycles. The number of anilines is 2. The molecule has 0 aliphatic carbocycles. The number of benzene rings is 2. The molecule has 3 aromatic rings. The van der Waals surface area contributed by atoms with Crippen LogP contribution in [-0.4, -0.2) is 0 Å². The first-order valence-electron chi connectivity index (χ1n) is 5.92. The third kappa shape index (κ3) is 1.57. The van der Waals surface area contributed by atoms with Crippen LogP contribution in [0.3, 0.4) is 0 Å². The fourth-order valence-electron chi connectivity index (χ4n) is 2.33. The molecule has 1 heterocycles. The van der Waals surface area contributed by atoms with Gasteiger partial charge in [0.1, 0.15) is 5.69 Å². The molecule has 90 valence electrons. The van der Waals surface area contributed by atoms with Crippen molar-refractivity contribution in [2.45, 2.75) is 0 Å². The number of hydrogen-bond acceptors (Lipinski definition) is 2. The summed E-state index contributed by atoms with van der Waals surface area (Å²) in [5.74, 6) is 1.61. The van der Waals surface area contributed by atoms with E-state index in [1.54, 1.807) is 0 Å². The summed E-state index contributed by atoms with van der Waals surface area (Å²) in [5.41, 5.74) is 2.06. The second-order valence-electron chi connectivity index (χ2n) is 4.33. The monoisotopic (exact) mass is 357 g/mol. The Labute approximate surface area is 125 Å². The van der Waals surface area contributed by atoms with E-state index in [9.17, 15) is 0 Å². The van der Waals surface area contributed by atoms with Crippen LogP contribution in [0.2, 0.25) is 0 Å². The van der Waals surface area contributed by atoms with Gasteiger partial charge in [-0.1, -0.05) is 36.4 Å². The lowest BCUT2D eigenvalue weighted by molar-refractivity contribution is 0.485. The van der Waals surface area contributed by atoms with Crippen LogP contribution in [0.15, 0.2) is 48.5 Å². The minimum Gasteiger partial charge on any atom is -0.443 e. The van der Waals surface area contributed by atoms with Gasteiger partial charge in [0.05, 0.1) is 28.6 Å². The van der Waals surface area contributed by atoms with Crippen LogP contribution in [-0.2, 0) is 0 Å². The van der Waals surface area contributed by atoms with Crippen molar-refractivity contribution in [1.29, 1.82) is 0 Å². The quantitative estimate of drug-likeness (QED) is 0.413. The van der Waals surface area contributed by atoms with E-state index in [4.69, 9.17) is 4.74 Å². The van der Waals surface area contributed by atoms with E-state index in [1.807, 2.05) is 24.3 Å². The first-order valence-corrected chi connectivity index (χ1v) is 6.89. The van der Waals surface area contributed by atoms with E-state index in [1.165, 1.54) is 5.39 Å². The Morgan fingerprint density at radius 2 is 1.89 bits per heavy atom. The molecule has 0 radical (unpaired) electrons. The first-order chi connectivity index (χ1) is 9.34. The lowest BCUT2D eigenvalue weighted by Crippen LogP contribution is -2.09. The summed E-state index contributed by atoms with van der Waals surface area (Å²) in [5, 5.41) is 2.29. The fourth-order valence-corrected chi connectivity index (χ4v) is 3.08. The highest BCUT2D eigenvalue weighted by Gasteiger charge is 2.24. The first kappa shape index (κ1) is 10.9. The molecule has 0 amide bonds. The molecule has 0 saturated carbocycles. The molecule has 0 fully saturated rings. The highest BCUT2D eigenvalue weighted by molar-refractivity contribution is 14.1. The maximum atomic E-state index is 6.03. The van der Waals surface area contributed by atoms with Gasteiger partial charge in [-0.25, -0.2) is 0 Å². The molecule has 0 atom stereocenters. The molecule has 0 N–H and O–H groups in total. The highest BCUT2D eigenvalue weighted by Crippen LogP contribution is 2.50. The van der Waals surface area contributed by atoms with E-state index in [-0.39, 0.29) is 0 Å². The van der Waals surface area contributed by atoms with Gasteiger partial charge in [-0.05, 0) is 29.7 Å². The van der Waals surface area contributed by atoms with E-state index in [2.05, 4.69) is 62.4 Å². The van der Waals surface area contributed by atoms with Crippen LogP contribution in [0.1, 0.15) is 0 Å². The van der Waals surface area contributed by atoms with Crippen LogP contribution in [0, 0.1) is 12.1 Å². The predicted octanol–water partition coefficient (Wildman–Crippen LogP) is 5.03. The number of halogens is 1. The Morgan fingerprint density at radius 3 is 2.84 bits per heavy atom. The van der Waals surface area contributed by atoms with Gasteiger partial charge in [0.15, 0.2) is 5.75 Å². The number of fused-ring (bicyclic) bond motifs is 4. The Bertz CT molecular complexity index is 785. The number of nitrogens with zero attached hydrogens (tertiary/aromatic N) is 1. The van der Waals surface area contributed by atoms with Crippen LogP contribution in [0.25, 0.3) is 10.8 Å². The topological polar surface area (TPSA) is 12.5 Å². The van der Waals surface area contributed by atoms with Gasteiger partial charge >= 0.3 is 0 Å². The molecule has 0 bridgehead atoms. The second-order valence-corrected chi connectivity index (χ2v) is 5.30. The zero-order chi connectivity index (χ0) is 12.8. The summed E-state index contributed by atoms with van der Waals surface area (Å²) in [6.07, 6.45) is 0. The summed E-state index contributed by atoms with van der Waals surface area (Å²) >= 11 is 2.29. The van der Waals surface area contributed by atoms with Gasteiger partial charge in [-0.3, -0.25) is 3.11 Å². The van der Waals surface area contributed by atoms with Gasteiger partial charge in [0.2, 0.25) is 5.75 Å². The van der Waals surface area contributed by atoms with Crippen molar-refractivity contribution in [1.82, 2.24) is 0 Å². The molecule has 3 heteroatoms. The summed E-state index contributed by atoms with van der Waals surface area (Å²) < 4.78 is 8.13. The fraction of sp³-hybridized carbons (Fsp3) is 0. The molecule has 0 unspecified atom stereocenters. The van der Waals surface area contributed by atoms with Gasteiger partial charge in [0, 0.05) is 5.39 Å². The minimum atomic E-state index is 0.723. The zero-order valence-electron chi connectivity index (χ0n) is 9.85. The van der Waals surface area contributed by atoms with Gasteiger partial charge in [0.25, 0.3) is 0 Å². The maximum absolute atomic E-state index is 6.03. The number of hydrogen-bond donors (Lipinski definition) is 0. The highest BCUT2D eigenvalue weighted by atomic mass is 127. The molecular weight excluding hydrogens is 349 g/mol. The maximum Gasteiger partial charge on any atom is 0.202 e. The summed E-state index contributed by atoms with van der Waals surface area (Å²) in [6.45, 7) is 0. The van der Waals surface area contributed by atoms with Crippen LogP contribution >= 0.6 is 22.9 Å². The Balaban J connectivity index is 2.02. The largest absolute Gasteiger partial charge is 0.443 e. The van der Waals surface area contributed by atoms with Crippen molar-refractivity contribution >= 4 is 45.0 Å². The van der Waals surface area contributed by atoms with Crippen LogP contribution < -0.4 is 7.85 Å². The average molecular weight is 357 g/mol. The van der Waals surface area contributed by atoms with Crippen molar-refractivity contribution in [3.05, 3.63) is 60.7 Å². The third-order valence-corrected chi connectivity index (χ3v) is 4.27. The smallest absolute Gasteiger partial charge is 0.202 e. The van der Waals surface area contributed by atoms with Crippen molar-refractivity contribution in [2.75, 3.05) is 3.11 Å². The second kappa shape index (κ2) is 4.04. The van der Waals surface area contributed by atoms with E-state index >= 15 is 0 Å². The minimum absolute atomic E-state index is 0.723. The lowest BCUT2D eigenvalue weighted by Gasteiger charge is -2.27. The molecule has 2 nitrogen and oxygen atoms in total. The lowest BCUT2D eigenvalue weighted by atomic mass is 10.1. The van der Waals surface area contributed by atoms with Crippen LogP contribution in [0.5, 0.6) is 11.5 Å². The Morgan fingerprint density at radius 1 is 1.00 bits per heavy atom. The standard InChI is InChI=1S/C16H8INO/c17-18-13-7-3-4-8-15(13)19-16-12-6-2-1-5-11(12)9-10-14(16)18/h1-3,5-7,9-10H. The third-order valence-electron chi connectivity index (χ3n) is 3.23. The van der Waals surface area contributed by atoms with Crippen molar-refractivity contribution < 1.29 is 4.74 Å². The Kier molecular flexibility index (Phi) is 2.32. The molecule has 0 saturated heterocycles. The van der Waals surface area contributed by atoms with E-state index in [0.29, 0.717) is 0 Å². The zero-order valence-corrected chi connectivity index (χ0v) is 12.0. The van der Waals surface area contributed by atoms with E-state index in [0.717, 1.165) is 28.3 Å². The molecule has 1 aliphatic rings. The SMILES string of the molecule is IN1c2ccc#cc2Oc2c1ccc1ccccc21. The van der Waals surface area contributed by atoms with Gasteiger partial charge in [-0.15, -0.1) is 0 Å². The normalized spacial score (nSPS) is 12.4. The average Bonchev–Trinajstić information content (AvgIpc) is 2.47. The van der Waals surface area contributed by atoms with Crippen LogP contribution in [0.4, 0.5) is 11.4 Å². The molecule has 19 heavy (non-hydrogen) atoms.